The van der Waals surface area contributed by atoms with Gasteiger partial charge >= 0.3 is 0 Å². The number of halogens is 1. The van der Waals surface area contributed by atoms with Crippen molar-refractivity contribution in [3.05, 3.63) is 35.6 Å². The summed E-state index contributed by atoms with van der Waals surface area (Å²) in [5.41, 5.74) is 1.23. The Morgan fingerprint density at radius 2 is 1.71 bits per heavy atom. The molecular formula is C18H25FN2. The first kappa shape index (κ1) is 13.7. The van der Waals surface area contributed by atoms with Crippen molar-refractivity contribution < 1.29 is 4.39 Å². The normalized spacial score (nSPS) is 33.7. The summed E-state index contributed by atoms with van der Waals surface area (Å²) in [6.07, 6.45) is 5.93. The van der Waals surface area contributed by atoms with E-state index in [1.165, 1.54) is 44.3 Å². The van der Waals surface area contributed by atoms with E-state index >= 15 is 0 Å². The average Bonchev–Trinajstić information content (AvgIpc) is 3.13. The number of nitrogens with zero attached hydrogens (tertiary/aromatic N) is 2. The molecule has 3 aliphatic rings. The quantitative estimate of drug-likeness (QED) is 0.843. The van der Waals surface area contributed by atoms with Crippen molar-refractivity contribution in [1.29, 1.82) is 0 Å². The average molecular weight is 288 g/mol. The van der Waals surface area contributed by atoms with Crippen LogP contribution >= 0.6 is 0 Å². The second-order valence-corrected chi connectivity index (χ2v) is 7.18. The summed E-state index contributed by atoms with van der Waals surface area (Å²) in [4.78, 5) is 5.27. The number of fused-ring (bicyclic) bond motifs is 2. The molecule has 3 fully saturated rings. The third-order valence-corrected chi connectivity index (χ3v) is 5.90. The molecule has 114 valence electrons. The maximum atomic E-state index is 12.9. The summed E-state index contributed by atoms with van der Waals surface area (Å²) in [6.45, 7) is 5.71. The molecule has 21 heavy (non-hydrogen) atoms. The van der Waals surface area contributed by atoms with Crippen LogP contribution in [0.4, 0.5) is 4.39 Å². The Morgan fingerprint density at radius 3 is 2.33 bits per heavy atom. The van der Waals surface area contributed by atoms with Crippen molar-refractivity contribution in [1.82, 2.24) is 9.80 Å². The number of hydrogen-bond acceptors (Lipinski definition) is 2. The topological polar surface area (TPSA) is 6.48 Å². The Hall–Kier alpha value is -0.930. The van der Waals surface area contributed by atoms with E-state index < -0.39 is 0 Å². The highest BCUT2D eigenvalue weighted by molar-refractivity contribution is 5.16. The fourth-order valence-electron chi connectivity index (χ4n) is 4.76. The molecule has 3 atom stereocenters. The molecule has 2 saturated carbocycles. The molecule has 0 N–H and O–H groups in total. The summed E-state index contributed by atoms with van der Waals surface area (Å²) in [7, 11) is 0. The zero-order valence-electron chi connectivity index (χ0n) is 12.7. The van der Waals surface area contributed by atoms with Crippen molar-refractivity contribution in [3.63, 3.8) is 0 Å². The molecule has 0 spiro atoms. The third kappa shape index (κ3) is 2.86. The molecule has 0 unspecified atom stereocenters. The second-order valence-electron chi connectivity index (χ2n) is 7.18. The first-order chi connectivity index (χ1) is 10.3. The monoisotopic (exact) mass is 288 g/mol. The van der Waals surface area contributed by atoms with Gasteiger partial charge in [-0.25, -0.2) is 4.39 Å². The molecule has 0 aromatic heterocycles. The van der Waals surface area contributed by atoms with Crippen LogP contribution in [0.3, 0.4) is 0 Å². The number of benzene rings is 1. The van der Waals surface area contributed by atoms with Gasteiger partial charge in [0.1, 0.15) is 5.82 Å². The summed E-state index contributed by atoms with van der Waals surface area (Å²) in [6, 6.07) is 7.86. The Morgan fingerprint density at radius 1 is 0.952 bits per heavy atom. The highest BCUT2D eigenvalue weighted by Gasteiger charge is 2.42. The molecule has 1 aromatic carbocycles. The fraction of sp³-hybridized carbons (Fsp3) is 0.667. The fourth-order valence-corrected chi connectivity index (χ4v) is 4.76. The molecule has 2 bridgehead atoms. The summed E-state index contributed by atoms with van der Waals surface area (Å²) in [5, 5.41) is 0. The van der Waals surface area contributed by atoms with Crippen LogP contribution < -0.4 is 0 Å². The first-order valence-electron chi connectivity index (χ1n) is 8.49. The van der Waals surface area contributed by atoms with E-state index in [0.29, 0.717) is 0 Å². The molecule has 2 aliphatic carbocycles. The van der Waals surface area contributed by atoms with Gasteiger partial charge in [-0.15, -0.1) is 0 Å². The van der Waals surface area contributed by atoms with Gasteiger partial charge in [0.2, 0.25) is 0 Å². The molecule has 0 amide bonds. The maximum Gasteiger partial charge on any atom is 0.123 e. The third-order valence-electron chi connectivity index (χ3n) is 5.90. The predicted molar refractivity (Wildman–Crippen MR) is 82.5 cm³/mol. The van der Waals surface area contributed by atoms with E-state index in [4.69, 9.17) is 0 Å². The van der Waals surface area contributed by atoms with Crippen LogP contribution in [-0.2, 0) is 6.54 Å². The minimum Gasteiger partial charge on any atom is -0.298 e. The van der Waals surface area contributed by atoms with Gasteiger partial charge in [0.05, 0.1) is 0 Å². The van der Waals surface area contributed by atoms with E-state index in [2.05, 4.69) is 9.80 Å². The molecule has 0 radical (unpaired) electrons. The van der Waals surface area contributed by atoms with Crippen molar-refractivity contribution in [2.24, 2.45) is 11.8 Å². The smallest absolute Gasteiger partial charge is 0.123 e. The Bertz CT molecular complexity index is 478. The maximum absolute atomic E-state index is 12.9. The molecule has 2 nitrogen and oxygen atoms in total. The van der Waals surface area contributed by atoms with Crippen LogP contribution in [0.1, 0.15) is 31.2 Å². The van der Waals surface area contributed by atoms with Crippen LogP contribution in [0.2, 0.25) is 0 Å². The lowest BCUT2D eigenvalue weighted by molar-refractivity contribution is 0.0679. The Balaban J connectivity index is 1.29. The summed E-state index contributed by atoms with van der Waals surface area (Å²) in [5.74, 6) is 1.90. The zero-order chi connectivity index (χ0) is 14.2. The van der Waals surface area contributed by atoms with Gasteiger partial charge in [-0.1, -0.05) is 18.6 Å². The Labute approximate surface area is 126 Å². The Kier molecular flexibility index (Phi) is 3.72. The SMILES string of the molecule is Fc1ccc(CN2CCN([C@@H]3C[C@H]4CC[C@H]3C4)CC2)cc1. The molecule has 4 rings (SSSR count). The molecule has 3 heteroatoms. The predicted octanol–water partition coefficient (Wildman–Crippen LogP) is 3.13. The highest BCUT2D eigenvalue weighted by atomic mass is 19.1. The van der Waals surface area contributed by atoms with E-state index in [1.807, 2.05) is 12.1 Å². The van der Waals surface area contributed by atoms with Crippen molar-refractivity contribution >= 4 is 0 Å². The minimum absolute atomic E-state index is 0.139. The lowest BCUT2D eigenvalue weighted by Crippen LogP contribution is -2.51. The standard InChI is InChI=1S/C18H25FN2/c19-17-5-2-14(3-6-17)13-20-7-9-21(10-8-20)18-12-15-1-4-16(18)11-15/h2-3,5-6,15-16,18H,1,4,7-13H2/t15-,16-,18+/m0/s1. The van der Waals surface area contributed by atoms with E-state index in [0.717, 1.165) is 37.5 Å². The lowest BCUT2D eigenvalue weighted by Gasteiger charge is -2.41. The summed E-state index contributed by atoms with van der Waals surface area (Å²) < 4.78 is 12.9. The number of piperazine rings is 1. The highest BCUT2D eigenvalue weighted by Crippen LogP contribution is 2.46. The molecule has 1 saturated heterocycles. The van der Waals surface area contributed by atoms with Gasteiger partial charge in [0, 0.05) is 38.8 Å². The first-order valence-corrected chi connectivity index (χ1v) is 8.49. The van der Waals surface area contributed by atoms with Crippen molar-refractivity contribution in [2.75, 3.05) is 26.2 Å². The van der Waals surface area contributed by atoms with E-state index in [9.17, 15) is 4.39 Å². The largest absolute Gasteiger partial charge is 0.298 e. The molecule has 1 aliphatic heterocycles. The lowest BCUT2D eigenvalue weighted by atomic mass is 9.93. The number of hydrogen-bond donors (Lipinski definition) is 0. The van der Waals surface area contributed by atoms with Crippen LogP contribution in [0, 0.1) is 17.7 Å². The van der Waals surface area contributed by atoms with Crippen molar-refractivity contribution in [2.45, 2.75) is 38.3 Å². The van der Waals surface area contributed by atoms with E-state index in [1.54, 1.807) is 12.1 Å². The number of rotatable bonds is 3. The summed E-state index contributed by atoms with van der Waals surface area (Å²) >= 11 is 0. The molecular weight excluding hydrogens is 263 g/mol. The minimum atomic E-state index is -0.139. The molecule has 1 aromatic rings. The van der Waals surface area contributed by atoms with Gasteiger partial charge < -0.3 is 0 Å². The van der Waals surface area contributed by atoms with Gasteiger partial charge in [-0.05, 0) is 48.8 Å². The van der Waals surface area contributed by atoms with Crippen LogP contribution in [-0.4, -0.2) is 42.0 Å². The van der Waals surface area contributed by atoms with Crippen molar-refractivity contribution in [3.8, 4) is 0 Å². The van der Waals surface area contributed by atoms with Crippen LogP contribution in [0.15, 0.2) is 24.3 Å². The second kappa shape index (κ2) is 5.69. The molecule has 1 heterocycles. The van der Waals surface area contributed by atoms with Crippen LogP contribution in [0.5, 0.6) is 0 Å². The van der Waals surface area contributed by atoms with Gasteiger partial charge in [-0.3, -0.25) is 9.80 Å². The van der Waals surface area contributed by atoms with E-state index in [-0.39, 0.29) is 5.82 Å². The van der Waals surface area contributed by atoms with Gasteiger partial charge in [-0.2, -0.15) is 0 Å². The van der Waals surface area contributed by atoms with Gasteiger partial charge in [0.25, 0.3) is 0 Å². The van der Waals surface area contributed by atoms with Gasteiger partial charge in [0.15, 0.2) is 0 Å². The van der Waals surface area contributed by atoms with Crippen LogP contribution in [0.25, 0.3) is 0 Å². The zero-order valence-corrected chi connectivity index (χ0v) is 12.7.